The van der Waals surface area contributed by atoms with E-state index in [1.54, 1.807) is 0 Å². The lowest BCUT2D eigenvalue weighted by molar-refractivity contribution is 0.928. The van der Waals surface area contributed by atoms with Crippen LogP contribution in [0.25, 0.3) is 0 Å². The molecule has 0 radical (unpaired) electrons. The van der Waals surface area contributed by atoms with Crippen LogP contribution in [-0.4, -0.2) is 25.6 Å². The highest BCUT2D eigenvalue weighted by molar-refractivity contribution is 5.81. The van der Waals surface area contributed by atoms with Crippen LogP contribution in [0.1, 0.15) is 6.92 Å². The molecule has 0 fully saturated rings. The number of aliphatic imine (C=N–C) groups is 1. The maximum Gasteiger partial charge on any atom is 0.192 e. The Morgan fingerprint density at radius 2 is 2.70 bits per heavy atom. The van der Waals surface area contributed by atoms with Crippen LogP contribution in [0.3, 0.4) is 0 Å². The Hall–Kier alpha value is -1.17. The molecule has 0 saturated carbocycles. The molecule has 0 aromatic heterocycles. The molecule has 0 saturated heterocycles. The number of nitrogens with zero attached hydrogens (tertiary/aromatic N) is 1. The van der Waals surface area contributed by atoms with Crippen LogP contribution in [0.2, 0.25) is 0 Å². The normalized spacial score (nSPS) is 14.7. The number of hydrogen-bond donors (Lipinski definition) is 2. The monoisotopic (exact) mass is 137 g/mol. The smallest absolute Gasteiger partial charge is 0.192 e. The van der Waals surface area contributed by atoms with Gasteiger partial charge in [0.15, 0.2) is 5.96 Å². The third kappa shape index (κ3) is 1.98. The highest BCUT2D eigenvalue weighted by atomic mass is 15.2. The molecule has 0 amide bonds. The second-order valence-electron chi connectivity index (χ2n) is 1.94. The minimum atomic E-state index is 0.683. The molecule has 2 N–H and O–H groups in total. The van der Waals surface area contributed by atoms with Crippen LogP contribution < -0.4 is 10.6 Å². The zero-order valence-electron chi connectivity index (χ0n) is 6.07. The first-order chi connectivity index (χ1) is 4.93. The van der Waals surface area contributed by atoms with Crippen molar-refractivity contribution >= 4 is 5.96 Å². The van der Waals surface area contributed by atoms with Crippen LogP contribution in [0.4, 0.5) is 0 Å². The van der Waals surface area contributed by atoms with Crippen LogP contribution in [0, 0.1) is 11.8 Å². The molecule has 1 aliphatic rings. The standard InChI is InChI=1S/C7H11N3/c1-2-3-4-8-7-9-5-6-10-7/h4-6H2,1H3,(H2,8,9,10). The lowest BCUT2D eigenvalue weighted by atomic mass is 10.6. The average Bonchev–Trinajstić information content (AvgIpc) is 2.41. The van der Waals surface area contributed by atoms with Gasteiger partial charge in [-0.1, -0.05) is 5.92 Å². The Kier molecular flexibility index (Phi) is 2.62. The molecule has 0 aromatic rings. The number of hydrogen-bond acceptors (Lipinski definition) is 3. The topological polar surface area (TPSA) is 36.4 Å². The van der Waals surface area contributed by atoms with Gasteiger partial charge in [-0.15, -0.1) is 5.92 Å². The second-order valence-corrected chi connectivity index (χ2v) is 1.94. The van der Waals surface area contributed by atoms with Crippen molar-refractivity contribution in [2.45, 2.75) is 6.92 Å². The minimum absolute atomic E-state index is 0.683. The quantitative estimate of drug-likeness (QED) is 0.481. The van der Waals surface area contributed by atoms with E-state index in [0.717, 1.165) is 19.0 Å². The van der Waals surface area contributed by atoms with Gasteiger partial charge in [-0.2, -0.15) is 0 Å². The maximum atomic E-state index is 4.13. The Bertz CT molecular complexity index is 185. The van der Waals surface area contributed by atoms with E-state index in [1.807, 2.05) is 6.92 Å². The van der Waals surface area contributed by atoms with E-state index in [0.29, 0.717) is 6.54 Å². The molecule has 10 heavy (non-hydrogen) atoms. The average molecular weight is 137 g/mol. The lowest BCUT2D eigenvalue weighted by Crippen LogP contribution is -2.33. The molecule has 54 valence electrons. The van der Waals surface area contributed by atoms with E-state index in [4.69, 9.17) is 0 Å². The van der Waals surface area contributed by atoms with Gasteiger partial charge in [0.05, 0.1) is 13.1 Å². The molecule has 0 unspecified atom stereocenters. The molecule has 3 nitrogen and oxygen atoms in total. The second kappa shape index (κ2) is 3.78. The summed E-state index contributed by atoms with van der Waals surface area (Å²) in [5.41, 5.74) is 0. The van der Waals surface area contributed by atoms with Gasteiger partial charge in [-0.3, -0.25) is 4.99 Å². The van der Waals surface area contributed by atoms with Crippen molar-refractivity contribution in [2.24, 2.45) is 4.99 Å². The van der Waals surface area contributed by atoms with Crippen molar-refractivity contribution in [3.63, 3.8) is 0 Å². The van der Waals surface area contributed by atoms with Gasteiger partial charge in [0.25, 0.3) is 0 Å². The van der Waals surface area contributed by atoms with E-state index < -0.39 is 0 Å². The summed E-state index contributed by atoms with van der Waals surface area (Å²) in [4.78, 5) is 4.13. The lowest BCUT2D eigenvalue weighted by Gasteiger charge is -1.99. The van der Waals surface area contributed by atoms with Crippen molar-refractivity contribution in [3.8, 4) is 11.8 Å². The van der Waals surface area contributed by atoms with Crippen molar-refractivity contribution < 1.29 is 0 Å². The SMILES string of the molecule is CC#CCNC1=NCCN1. The Morgan fingerprint density at radius 3 is 3.30 bits per heavy atom. The van der Waals surface area contributed by atoms with E-state index in [2.05, 4.69) is 27.5 Å². The number of guanidine groups is 1. The van der Waals surface area contributed by atoms with Gasteiger partial charge in [-0.05, 0) is 6.92 Å². The first-order valence-corrected chi connectivity index (χ1v) is 3.35. The summed E-state index contributed by atoms with van der Waals surface area (Å²) in [5, 5.41) is 6.13. The van der Waals surface area contributed by atoms with Gasteiger partial charge >= 0.3 is 0 Å². The van der Waals surface area contributed by atoms with Crippen LogP contribution in [-0.2, 0) is 0 Å². The molecule has 1 heterocycles. The highest BCUT2D eigenvalue weighted by Crippen LogP contribution is 1.79. The van der Waals surface area contributed by atoms with E-state index in [1.165, 1.54) is 0 Å². The van der Waals surface area contributed by atoms with Gasteiger partial charge in [0.1, 0.15) is 0 Å². The number of nitrogens with one attached hydrogen (secondary N) is 2. The summed E-state index contributed by atoms with van der Waals surface area (Å²) < 4.78 is 0. The molecule has 0 aromatic carbocycles. The van der Waals surface area contributed by atoms with Crippen molar-refractivity contribution in [2.75, 3.05) is 19.6 Å². The third-order valence-corrected chi connectivity index (χ3v) is 1.20. The largest absolute Gasteiger partial charge is 0.355 e. The molecular weight excluding hydrogens is 126 g/mol. The minimum Gasteiger partial charge on any atom is -0.355 e. The maximum absolute atomic E-state index is 4.13. The Morgan fingerprint density at radius 1 is 1.80 bits per heavy atom. The zero-order chi connectivity index (χ0) is 7.23. The first-order valence-electron chi connectivity index (χ1n) is 3.35. The van der Waals surface area contributed by atoms with E-state index in [-0.39, 0.29) is 0 Å². The molecular formula is C7H11N3. The molecule has 0 aliphatic carbocycles. The summed E-state index contributed by atoms with van der Waals surface area (Å²) in [6, 6.07) is 0. The summed E-state index contributed by atoms with van der Waals surface area (Å²) in [6.45, 7) is 4.33. The fraction of sp³-hybridized carbons (Fsp3) is 0.571. The summed E-state index contributed by atoms with van der Waals surface area (Å²) in [6.07, 6.45) is 0. The van der Waals surface area contributed by atoms with E-state index in [9.17, 15) is 0 Å². The summed E-state index contributed by atoms with van der Waals surface area (Å²) in [7, 11) is 0. The first kappa shape index (κ1) is 6.94. The number of rotatable bonds is 1. The molecule has 0 atom stereocenters. The van der Waals surface area contributed by atoms with Crippen molar-refractivity contribution in [1.82, 2.24) is 10.6 Å². The van der Waals surface area contributed by atoms with Crippen LogP contribution >= 0.6 is 0 Å². The van der Waals surface area contributed by atoms with Gasteiger partial charge < -0.3 is 10.6 Å². The molecule has 0 bridgehead atoms. The van der Waals surface area contributed by atoms with Gasteiger partial charge in [0, 0.05) is 6.54 Å². The predicted molar refractivity (Wildman–Crippen MR) is 41.8 cm³/mol. The molecule has 1 aliphatic heterocycles. The zero-order valence-corrected chi connectivity index (χ0v) is 6.07. The van der Waals surface area contributed by atoms with Crippen LogP contribution in [0.15, 0.2) is 4.99 Å². The molecule has 3 heteroatoms. The Labute approximate surface area is 60.9 Å². The van der Waals surface area contributed by atoms with E-state index >= 15 is 0 Å². The fourth-order valence-electron chi connectivity index (χ4n) is 0.733. The Balaban J connectivity index is 2.17. The molecule has 0 spiro atoms. The fourth-order valence-corrected chi connectivity index (χ4v) is 0.733. The highest BCUT2D eigenvalue weighted by Gasteiger charge is 2.00. The van der Waals surface area contributed by atoms with Gasteiger partial charge in [-0.25, -0.2) is 0 Å². The van der Waals surface area contributed by atoms with Crippen LogP contribution in [0.5, 0.6) is 0 Å². The third-order valence-electron chi connectivity index (χ3n) is 1.20. The van der Waals surface area contributed by atoms with Crippen molar-refractivity contribution in [1.29, 1.82) is 0 Å². The van der Waals surface area contributed by atoms with Crippen molar-refractivity contribution in [3.05, 3.63) is 0 Å². The molecule has 1 rings (SSSR count). The predicted octanol–water partition coefficient (Wildman–Crippen LogP) is -0.441. The summed E-state index contributed by atoms with van der Waals surface area (Å²) >= 11 is 0. The van der Waals surface area contributed by atoms with Gasteiger partial charge in [0.2, 0.25) is 0 Å². The summed E-state index contributed by atoms with van der Waals surface area (Å²) in [5.74, 6) is 6.57.